The molecule has 1 aromatic carbocycles. The maximum Gasteiger partial charge on any atom is 0.263 e. The zero-order chi connectivity index (χ0) is 19.8. The number of pyridine rings is 1. The van der Waals surface area contributed by atoms with Crippen molar-refractivity contribution in [2.24, 2.45) is 5.92 Å². The molecule has 0 radical (unpaired) electrons. The van der Waals surface area contributed by atoms with E-state index in [1.807, 2.05) is 6.07 Å². The SMILES string of the molecule is CC1CCc2nc3ncn(CC(=O)Nc4ccc(Cl)cc4F)c(=O)c3cc2C1. The molecular formula is C20H18ClFN4O2. The lowest BCUT2D eigenvalue weighted by Gasteiger charge is -2.20. The number of aromatic nitrogens is 3. The van der Waals surface area contributed by atoms with Crippen LogP contribution >= 0.6 is 11.6 Å². The number of hydrogen-bond donors (Lipinski definition) is 1. The van der Waals surface area contributed by atoms with E-state index in [4.69, 9.17) is 11.6 Å². The first-order chi connectivity index (χ1) is 13.4. The van der Waals surface area contributed by atoms with Crippen molar-refractivity contribution < 1.29 is 9.18 Å². The molecule has 0 spiro atoms. The van der Waals surface area contributed by atoms with Crippen LogP contribution in [-0.2, 0) is 24.2 Å². The second-order valence-corrected chi connectivity index (χ2v) is 7.60. The van der Waals surface area contributed by atoms with Crippen molar-refractivity contribution in [1.82, 2.24) is 14.5 Å². The second kappa shape index (κ2) is 7.31. The van der Waals surface area contributed by atoms with E-state index >= 15 is 0 Å². The van der Waals surface area contributed by atoms with Crippen LogP contribution in [0.25, 0.3) is 11.0 Å². The van der Waals surface area contributed by atoms with Crippen molar-refractivity contribution in [2.75, 3.05) is 5.32 Å². The molecule has 1 amide bonds. The van der Waals surface area contributed by atoms with Gasteiger partial charge in [-0.25, -0.2) is 14.4 Å². The maximum absolute atomic E-state index is 13.8. The van der Waals surface area contributed by atoms with Crippen LogP contribution in [0.2, 0.25) is 5.02 Å². The van der Waals surface area contributed by atoms with Gasteiger partial charge in [0.25, 0.3) is 5.56 Å². The summed E-state index contributed by atoms with van der Waals surface area (Å²) in [6.45, 7) is 1.90. The Morgan fingerprint density at radius 1 is 1.39 bits per heavy atom. The zero-order valence-electron chi connectivity index (χ0n) is 15.2. The summed E-state index contributed by atoms with van der Waals surface area (Å²) < 4.78 is 15.0. The van der Waals surface area contributed by atoms with Crippen molar-refractivity contribution in [3.8, 4) is 0 Å². The number of hydrogen-bond acceptors (Lipinski definition) is 4. The van der Waals surface area contributed by atoms with Crippen LogP contribution in [0, 0.1) is 11.7 Å². The van der Waals surface area contributed by atoms with Gasteiger partial charge in [-0.2, -0.15) is 0 Å². The van der Waals surface area contributed by atoms with E-state index in [2.05, 4.69) is 22.2 Å². The van der Waals surface area contributed by atoms with E-state index in [0.29, 0.717) is 17.0 Å². The Hall–Kier alpha value is -2.80. The molecule has 1 aliphatic rings. The summed E-state index contributed by atoms with van der Waals surface area (Å²) in [6, 6.07) is 5.79. The first-order valence-corrected chi connectivity index (χ1v) is 9.41. The molecule has 1 aliphatic carbocycles. The van der Waals surface area contributed by atoms with Gasteiger partial charge in [0.15, 0.2) is 5.65 Å². The van der Waals surface area contributed by atoms with Gasteiger partial charge in [-0.1, -0.05) is 18.5 Å². The van der Waals surface area contributed by atoms with Crippen molar-refractivity contribution in [3.63, 3.8) is 0 Å². The van der Waals surface area contributed by atoms with Crippen LogP contribution in [0.5, 0.6) is 0 Å². The topological polar surface area (TPSA) is 76.9 Å². The molecule has 8 heteroatoms. The zero-order valence-corrected chi connectivity index (χ0v) is 16.0. The second-order valence-electron chi connectivity index (χ2n) is 7.16. The monoisotopic (exact) mass is 400 g/mol. The molecule has 1 N–H and O–H groups in total. The number of aryl methyl sites for hydroxylation is 1. The number of nitrogens with zero attached hydrogens (tertiary/aromatic N) is 3. The van der Waals surface area contributed by atoms with Gasteiger partial charge in [0.05, 0.1) is 11.1 Å². The molecule has 1 atom stereocenters. The lowest BCUT2D eigenvalue weighted by molar-refractivity contribution is -0.116. The smallest absolute Gasteiger partial charge is 0.263 e. The summed E-state index contributed by atoms with van der Waals surface area (Å²) in [7, 11) is 0. The molecule has 0 saturated heterocycles. The lowest BCUT2D eigenvalue weighted by atomic mass is 9.87. The number of fused-ring (bicyclic) bond motifs is 2. The van der Waals surface area contributed by atoms with Gasteiger partial charge in [0.2, 0.25) is 5.91 Å². The van der Waals surface area contributed by atoms with Gasteiger partial charge in [-0.05, 0) is 55.0 Å². The summed E-state index contributed by atoms with van der Waals surface area (Å²) >= 11 is 5.71. The summed E-state index contributed by atoms with van der Waals surface area (Å²) in [5.74, 6) is -0.635. The molecular weight excluding hydrogens is 383 g/mol. The van der Waals surface area contributed by atoms with Gasteiger partial charge in [-0.15, -0.1) is 0 Å². The standard InChI is InChI=1S/C20H18ClFN4O2/c1-11-2-4-16-12(6-11)7-14-19(25-16)23-10-26(20(14)28)9-18(27)24-17-5-3-13(21)8-15(17)22/h3,5,7-8,10-11H,2,4,6,9H2,1H3,(H,24,27). The third kappa shape index (κ3) is 3.62. The minimum Gasteiger partial charge on any atom is -0.322 e. The number of nitrogens with one attached hydrogen (secondary N) is 1. The molecule has 2 heterocycles. The van der Waals surface area contributed by atoms with Crippen LogP contribution in [0.3, 0.4) is 0 Å². The number of anilines is 1. The van der Waals surface area contributed by atoms with Gasteiger partial charge in [-0.3, -0.25) is 14.2 Å². The lowest BCUT2D eigenvalue weighted by Crippen LogP contribution is -2.28. The van der Waals surface area contributed by atoms with E-state index < -0.39 is 11.7 Å². The van der Waals surface area contributed by atoms with Crippen molar-refractivity contribution >= 4 is 34.2 Å². The van der Waals surface area contributed by atoms with E-state index in [1.165, 1.54) is 23.0 Å². The Bertz CT molecular complexity index is 1140. The van der Waals surface area contributed by atoms with E-state index in [-0.39, 0.29) is 22.8 Å². The number of halogens is 2. The highest BCUT2D eigenvalue weighted by atomic mass is 35.5. The van der Waals surface area contributed by atoms with E-state index in [1.54, 1.807) is 0 Å². The summed E-state index contributed by atoms with van der Waals surface area (Å²) in [5, 5.41) is 3.06. The fraction of sp³-hybridized carbons (Fsp3) is 0.300. The van der Waals surface area contributed by atoms with Gasteiger partial charge in [0.1, 0.15) is 18.7 Å². The van der Waals surface area contributed by atoms with Crippen molar-refractivity contribution in [3.05, 3.63) is 63.0 Å². The Labute approximate surface area is 165 Å². The molecule has 1 unspecified atom stereocenters. The van der Waals surface area contributed by atoms with Gasteiger partial charge >= 0.3 is 0 Å². The maximum atomic E-state index is 13.8. The quantitative estimate of drug-likeness (QED) is 0.731. The highest BCUT2D eigenvalue weighted by Gasteiger charge is 2.19. The molecule has 6 nitrogen and oxygen atoms in total. The molecule has 28 heavy (non-hydrogen) atoms. The van der Waals surface area contributed by atoms with E-state index in [9.17, 15) is 14.0 Å². The first-order valence-electron chi connectivity index (χ1n) is 9.03. The van der Waals surface area contributed by atoms with Crippen molar-refractivity contribution in [2.45, 2.75) is 32.7 Å². The Morgan fingerprint density at radius 3 is 3.00 bits per heavy atom. The van der Waals surface area contributed by atoms with Gasteiger partial charge in [0, 0.05) is 10.7 Å². The minimum absolute atomic E-state index is 0.000853. The predicted octanol–water partition coefficient (Wildman–Crippen LogP) is 3.35. The van der Waals surface area contributed by atoms with Crippen LogP contribution in [0.4, 0.5) is 10.1 Å². The normalized spacial score (nSPS) is 16.0. The summed E-state index contributed by atoms with van der Waals surface area (Å²) in [5.41, 5.74) is 2.10. The Kier molecular flexibility index (Phi) is 4.85. The largest absolute Gasteiger partial charge is 0.322 e. The minimum atomic E-state index is -0.644. The Balaban J connectivity index is 1.61. The molecule has 0 fully saturated rings. The number of benzene rings is 1. The molecule has 0 aliphatic heterocycles. The van der Waals surface area contributed by atoms with Crippen molar-refractivity contribution in [1.29, 1.82) is 0 Å². The fourth-order valence-electron chi connectivity index (χ4n) is 3.47. The summed E-state index contributed by atoms with van der Waals surface area (Å²) in [4.78, 5) is 33.8. The molecule has 2 aromatic heterocycles. The number of rotatable bonds is 3. The first kappa shape index (κ1) is 18.6. The van der Waals surface area contributed by atoms with Crippen LogP contribution in [0.1, 0.15) is 24.6 Å². The van der Waals surface area contributed by atoms with E-state index in [0.717, 1.165) is 36.6 Å². The number of carbonyl (C=O) groups excluding carboxylic acids is 1. The third-order valence-corrected chi connectivity index (χ3v) is 5.18. The number of carbonyl (C=O) groups is 1. The molecule has 0 bridgehead atoms. The fourth-order valence-corrected chi connectivity index (χ4v) is 3.63. The van der Waals surface area contributed by atoms with Crippen LogP contribution in [-0.4, -0.2) is 20.4 Å². The average Bonchev–Trinajstić information content (AvgIpc) is 2.65. The molecule has 0 saturated carbocycles. The van der Waals surface area contributed by atoms with Crippen LogP contribution in [0.15, 0.2) is 35.4 Å². The Morgan fingerprint density at radius 2 is 2.21 bits per heavy atom. The van der Waals surface area contributed by atoms with Gasteiger partial charge < -0.3 is 5.32 Å². The third-order valence-electron chi connectivity index (χ3n) is 4.94. The molecule has 3 aromatic rings. The highest BCUT2D eigenvalue weighted by Crippen LogP contribution is 2.25. The highest BCUT2D eigenvalue weighted by molar-refractivity contribution is 6.30. The molecule has 4 rings (SSSR count). The predicted molar refractivity (Wildman–Crippen MR) is 105 cm³/mol. The number of amides is 1. The summed E-state index contributed by atoms with van der Waals surface area (Å²) in [6.07, 6.45) is 4.13. The van der Waals surface area contributed by atoms with Crippen LogP contribution < -0.4 is 10.9 Å². The molecule has 144 valence electrons. The average molecular weight is 401 g/mol.